The molecule has 3 nitrogen and oxygen atoms in total. The van der Waals surface area contributed by atoms with Gasteiger partial charge in [-0.1, -0.05) is 6.92 Å². The molecule has 0 amide bonds. The van der Waals surface area contributed by atoms with Crippen LogP contribution in [0.15, 0.2) is 0 Å². The highest BCUT2D eigenvalue weighted by molar-refractivity contribution is 4.85. The van der Waals surface area contributed by atoms with Gasteiger partial charge >= 0.3 is 0 Å². The molecule has 0 saturated carbocycles. The van der Waals surface area contributed by atoms with Crippen molar-refractivity contribution in [2.45, 2.75) is 45.2 Å². The molecule has 2 rings (SSSR count). The van der Waals surface area contributed by atoms with Crippen molar-refractivity contribution in [2.24, 2.45) is 17.6 Å². The fourth-order valence-electron chi connectivity index (χ4n) is 3.06. The van der Waals surface area contributed by atoms with E-state index in [9.17, 15) is 0 Å². The molecule has 0 aliphatic carbocycles. The Morgan fingerprint density at radius 3 is 2.56 bits per heavy atom. The van der Waals surface area contributed by atoms with Gasteiger partial charge in [-0.2, -0.15) is 0 Å². The Morgan fingerprint density at radius 2 is 1.94 bits per heavy atom. The minimum atomic E-state index is 0.415. The number of hydrogen-bond donors (Lipinski definition) is 1. The van der Waals surface area contributed by atoms with Crippen molar-refractivity contribution >= 4 is 0 Å². The molecule has 0 aromatic heterocycles. The molecule has 2 fully saturated rings. The van der Waals surface area contributed by atoms with E-state index in [1.54, 1.807) is 0 Å². The third kappa shape index (κ3) is 2.76. The maximum atomic E-state index is 6.07. The second kappa shape index (κ2) is 5.48. The maximum absolute atomic E-state index is 6.07. The Hall–Kier alpha value is -0.120. The number of hydrogen-bond acceptors (Lipinski definition) is 3. The first-order chi connectivity index (χ1) is 7.68. The molecule has 0 aromatic rings. The standard InChI is InChI=1S/C13H26N2O/c1-10-9-15(6-3-13(10)14)11(2)12-4-7-16-8-5-12/h10-13H,3-9,14H2,1-2H3. The number of piperidine rings is 1. The van der Waals surface area contributed by atoms with Gasteiger partial charge in [0.2, 0.25) is 0 Å². The number of likely N-dealkylation sites (tertiary alicyclic amines) is 1. The van der Waals surface area contributed by atoms with Gasteiger partial charge < -0.3 is 15.4 Å². The van der Waals surface area contributed by atoms with Crippen LogP contribution in [-0.4, -0.2) is 43.3 Å². The minimum absolute atomic E-state index is 0.415. The van der Waals surface area contributed by atoms with Crippen LogP contribution in [-0.2, 0) is 4.74 Å². The average molecular weight is 226 g/mol. The summed E-state index contributed by atoms with van der Waals surface area (Å²) in [5, 5.41) is 0. The Bertz CT molecular complexity index is 216. The van der Waals surface area contributed by atoms with Crippen molar-refractivity contribution in [3.63, 3.8) is 0 Å². The predicted molar refractivity (Wildman–Crippen MR) is 66.3 cm³/mol. The molecule has 16 heavy (non-hydrogen) atoms. The largest absolute Gasteiger partial charge is 0.381 e. The summed E-state index contributed by atoms with van der Waals surface area (Å²) < 4.78 is 5.44. The zero-order valence-corrected chi connectivity index (χ0v) is 10.7. The molecule has 94 valence electrons. The summed E-state index contributed by atoms with van der Waals surface area (Å²) in [6, 6.07) is 1.12. The van der Waals surface area contributed by atoms with Crippen LogP contribution in [0, 0.1) is 11.8 Å². The van der Waals surface area contributed by atoms with E-state index >= 15 is 0 Å². The van der Waals surface area contributed by atoms with Gasteiger partial charge in [0.15, 0.2) is 0 Å². The highest BCUT2D eigenvalue weighted by Gasteiger charge is 2.30. The zero-order chi connectivity index (χ0) is 11.5. The number of rotatable bonds is 2. The van der Waals surface area contributed by atoms with Crippen molar-refractivity contribution in [3.05, 3.63) is 0 Å². The van der Waals surface area contributed by atoms with E-state index < -0.39 is 0 Å². The van der Waals surface area contributed by atoms with Crippen molar-refractivity contribution in [1.29, 1.82) is 0 Å². The van der Waals surface area contributed by atoms with Gasteiger partial charge in [-0.3, -0.25) is 0 Å². The Kier molecular flexibility index (Phi) is 4.22. The minimum Gasteiger partial charge on any atom is -0.381 e. The third-order valence-electron chi connectivity index (χ3n) is 4.53. The monoisotopic (exact) mass is 226 g/mol. The summed E-state index contributed by atoms with van der Waals surface area (Å²) >= 11 is 0. The zero-order valence-electron chi connectivity index (χ0n) is 10.7. The predicted octanol–water partition coefficient (Wildman–Crippen LogP) is 1.47. The molecule has 3 atom stereocenters. The Balaban J connectivity index is 1.86. The van der Waals surface area contributed by atoms with Gasteiger partial charge in [0.05, 0.1) is 0 Å². The van der Waals surface area contributed by atoms with Gasteiger partial charge in [0, 0.05) is 31.8 Å². The van der Waals surface area contributed by atoms with E-state index in [0.29, 0.717) is 18.0 Å². The first-order valence-corrected chi connectivity index (χ1v) is 6.76. The Morgan fingerprint density at radius 1 is 1.25 bits per heavy atom. The normalized spacial score (nSPS) is 36.2. The lowest BCUT2D eigenvalue weighted by Crippen LogP contribution is -2.51. The van der Waals surface area contributed by atoms with E-state index in [1.807, 2.05) is 0 Å². The first kappa shape index (κ1) is 12.3. The first-order valence-electron chi connectivity index (χ1n) is 6.76. The molecule has 2 saturated heterocycles. The second-order valence-electron chi connectivity index (χ2n) is 5.62. The van der Waals surface area contributed by atoms with E-state index in [2.05, 4.69) is 18.7 Å². The highest BCUT2D eigenvalue weighted by Crippen LogP contribution is 2.26. The molecule has 0 bridgehead atoms. The number of ether oxygens (including phenoxy) is 1. The lowest BCUT2D eigenvalue weighted by molar-refractivity contribution is 0.0170. The average Bonchev–Trinajstić information content (AvgIpc) is 2.33. The molecular weight excluding hydrogens is 200 g/mol. The van der Waals surface area contributed by atoms with Gasteiger partial charge in [-0.05, 0) is 44.6 Å². The fourth-order valence-corrected chi connectivity index (χ4v) is 3.06. The van der Waals surface area contributed by atoms with Crippen LogP contribution in [0.3, 0.4) is 0 Å². The SMILES string of the molecule is CC1CN(C(C)C2CCOCC2)CCC1N. The van der Waals surface area contributed by atoms with Crippen LogP contribution >= 0.6 is 0 Å². The van der Waals surface area contributed by atoms with Crippen LogP contribution in [0.4, 0.5) is 0 Å². The lowest BCUT2D eigenvalue weighted by atomic mass is 9.88. The molecule has 2 heterocycles. The Labute approximate surface area is 99.3 Å². The highest BCUT2D eigenvalue weighted by atomic mass is 16.5. The number of nitrogens with two attached hydrogens (primary N) is 1. The fraction of sp³-hybridized carbons (Fsp3) is 1.00. The smallest absolute Gasteiger partial charge is 0.0469 e. The van der Waals surface area contributed by atoms with Gasteiger partial charge in [-0.25, -0.2) is 0 Å². The van der Waals surface area contributed by atoms with Gasteiger partial charge in [0.25, 0.3) is 0 Å². The van der Waals surface area contributed by atoms with Crippen LogP contribution in [0.25, 0.3) is 0 Å². The van der Waals surface area contributed by atoms with Crippen molar-refractivity contribution in [3.8, 4) is 0 Å². The molecule has 2 N–H and O–H groups in total. The molecule has 2 aliphatic rings. The van der Waals surface area contributed by atoms with E-state index in [0.717, 1.165) is 25.6 Å². The molecule has 0 radical (unpaired) electrons. The molecule has 3 unspecified atom stereocenters. The quantitative estimate of drug-likeness (QED) is 0.775. The van der Waals surface area contributed by atoms with Crippen LogP contribution in [0.5, 0.6) is 0 Å². The molecule has 0 spiro atoms. The lowest BCUT2D eigenvalue weighted by Gasteiger charge is -2.42. The third-order valence-corrected chi connectivity index (χ3v) is 4.53. The van der Waals surface area contributed by atoms with E-state index in [1.165, 1.54) is 25.9 Å². The molecule has 0 aromatic carbocycles. The topological polar surface area (TPSA) is 38.5 Å². The van der Waals surface area contributed by atoms with Gasteiger partial charge in [-0.15, -0.1) is 0 Å². The van der Waals surface area contributed by atoms with Crippen LogP contribution in [0.2, 0.25) is 0 Å². The second-order valence-corrected chi connectivity index (χ2v) is 5.62. The summed E-state index contributed by atoms with van der Waals surface area (Å²) in [5.41, 5.74) is 6.07. The van der Waals surface area contributed by atoms with Crippen LogP contribution in [0.1, 0.15) is 33.1 Å². The molecular formula is C13H26N2O. The molecule has 3 heteroatoms. The van der Waals surface area contributed by atoms with E-state index in [-0.39, 0.29) is 0 Å². The summed E-state index contributed by atoms with van der Waals surface area (Å²) in [6.45, 7) is 8.95. The molecule has 2 aliphatic heterocycles. The number of nitrogens with zero attached hydrogens (tertiary/aromatic N) is 1. The van der Waals surface area contributed by atoms with Crippen LogP contribution < -0.4 is 5.73 Å². The summed E-state index contributed by atoms with van der Waals surface area (Å²) in [5.74, 6) is 1.48. The van der Waals surface area contributed by atoms with Crippen molar-refractivity contribution in [2.75, 3.05) is 26.3 Å². The summed E-state index contributed by atoms with van der Waals surface area (Å²) in [7, 11) is 0. The summed E-state index contributed by atoms with van der Waals surface area (Å²) in [4.78, 5) is 2.64. The van der Waals surface area contributed by atoms with Crippen molar-refractivity contribution < 1.29 is 4.74 Å². The van der Waals surface area contributed by atoms with Gasteiger partial charge in [0.1, 0.15) is 0 Å². The van der Waals surface area contributed by atoms with Crippen molar-refractivity contribution in [1.82, 2.24) is 4.90 Å². The van der Waals surface area contributed by atoms with E-state index in [4.69, 9.17) is 10.5 Å². The maximum Gasteiger partial charge on any atom is 0.0469 e. The summed E-state index contributed by atoms with van der Waals surface area (Å²) in [6.07, 6.45) is 3.63.